The summed E-state index contributed by atoms with van der Waals surface area (Å²) in [5.74, 6) is 0.596. The van der Waals surface area contributed by atoms with Crippen molar-refractivity contribution in [3.8, 4) is 17.2 Å². The minimum absolute atomic E-state index is 0.596. The molecule has 0 aliphatic carbocycles. The first-order chi connectivity index (χ1) is 11.2. The van der Waals surface area contributed by atoms with E-state index in [2.05, 4.69) is 24.9 Å². The monoisotopic (exact) mass is 301 g/mol. The Bertz CT molecular complexity index is 861. The van der Waals surface area contributed by atoms with Gasteiger partial charge in [0.05, 0.1) is 16.8 Å². The summed E-state index contributed by atoms with van der Waals surface area (Å²) in [6.07, 6.45) is 5.44. The zero-order chi connectivity index (χ0) is 16.2. The van der Waals surface area contributed by atoms with E-state index in [9.17, 15) is 5.26 Å². The SMILES string of the molecule is CC(C)CCc1nc2ccccc2c(C#N)c1-c1ccncc1. The quantitative estimate of drug-likeness (QED) is 0.698. The van der Waals surface area contributed by atoms with E-state index in [-0.39, 0.29) is 0 Å². The average Bonchev–Trinajstić information content (AvgIpc) is 2.59. The van der Waals surface area contributed by atoms with Crippen LogP contribution in [-0.2, 0) is 6.42 Å². The molecule has 0 N–H and O–H groups in total. The molecule has 114 valence electrons. The van der Waals surface area contributed by atoms with Gasteiger partial charge in [0.25, 0.3) is 0 Å². The lowest BCUT2D eigenvalue weighted by Gasteiger charge is -2.14. The zero-order valence-corrected chi connectivity index (χ0v) is 13.5. The van der Waals surface area contributed by atoms with E-state index in [1.807, 2.05) is 36.4 Å². The van der Waals surface area contributed by atoms with E-state index < -0.39 is 0 Å². The van der Waals surface area contributed by atoms with E-state index in [4.69, 9.17) is 4.98 Å². The van der Waals surface area contributed by atoms with Crippen molar-refractivity contribution >= 4 is 10.9 Å². The maximum Gasteiger partial charge on any atom is 0.101 e. The molecule has 2 heterocycles. The van der Waals surface area contributed by atoms with Gasteiger partial charge >= 0.3 is 0 Å². The Balaban J connectivity index is 2.28. The van der Waals surface area contributed by atoms with Crippen LogP contribution in [-0.4, -0.2) is 9.97 Å². The molecule has 0 radical (unpaired) electrons. The van der Waals surface area contributed by atoms with Gasteiger partial charge < -0.3 is 0 Å². The lowest BCUT2D eigenvalue weighted by atomic mass is 9.93. The highest BCUT2D eigenvalue weighted by Gasteiger charge is 2.16. The highest BCUT2D eigenvalue weighted by atomic mass is 14.7. The molecule has 3 rings (SSSR count). The minimum Gasteiger partial charge on any atom is -0.265 e. The molecule has 0 aliphatic heterocycles. The molecule has 2 aromatic heterocycles. The Kier molecular flexibility index (Phi) is 4.34. The second kappa shape index (κ2) is 6.58. The third-order valence-electron chi connectivity index (χ3n) is 4.01. The summed E-state index contributed by atoms with van der Waals surface area (Å²) in [7, 11) is 0. The average molecular weight is 301 g/mol. The number of aryl methyl sites for hydroxylation is 1. The Morgan fingerprint density at radius 2 is 1.83 bits per heavy atom. The molecule has 0 saturated heterocycles. The van der Waals surface area contributed by atoms with Crippen LogP contribution in [0, 0.1) is 17.2 Å². The van der Waals surface area contributed by atoms with Gasteiger partial charge in [0.2, 0.25) is 0 Å². The molecular weight excluding hydrogens is 282 g/mol. The summed E-state index contributed by atoms with van der Waals surface area (Å²) in [5.41, 5.74) is 4.56. The Labute approximate surface area is 136 Å². The van der Waals surface area contributed by atoms with E-state index in [1.165, 1.54) is 0 Å². The summed E-state index contributed by atoms with van der Waals surface area (Å²) >= 11 is 0. The van der Waals surface area contributed by atoms with Crippen LogP contribution < -0.4 is 0 Å². The van der Waals surface area contributed by atoms with Gasteiger partial charge in [-0.1, -0.05) is 32.0 Å². The van der Waals surface area contributed by atoms with Crippen molar-refractivity contribution in [1.29, 1.82) is 5.26 Å². The van der Waals surface area contributed by atoms with Crippen molar-refractivity contribution in [2.45, 2.75) is 26.7 Å². The second-order valence-corrected chi connectivity index (χ2v) is 6.11. The van der Waals surface area contributed by atoms with Gasteiger partial charge in [0.1, 0.15) is 6.07 Å². The largest absolute Gasteiger partial charge is 0.265 e. The minimum atomic E-state index is 0.596. The maximum absolute atomic E-state index is 9.79. The maximum atomic E-state index is 9.79. The van der Waals surface area contributed by atoms with Crippen LogP contribution in [0.2, 0.25) is 0 Å². The van der Waals surface area contributed by atoms with Crippen LogP contribution in [0.5, 0.6) is 0 Å². The first-order valence-electron chi connectivity index (χ1n) is 7.93. The molecule has 1 aromatic carbocycles. The summed E-state index contributed by atoms with van der Waals surface area (Å²) in [4.78, 5) is 8.95. The van der Waals surface area contributed by atoms with Crippen LogP contribution in [0.25, 0.3) is 22.0 Å². The third-order valence-corrected chi connectivity index (χ3v) is 4.01. The Hall–Kier alpha value is -2.73. The lowest BCUT2D eigenvalue weighted by Crippen LogP contribution is -2.02. The molecule has 3 aromatic rings. The number of para-hydroxylation sites is 1. The van der Waals surface area contributed by atoms with Gasteiger partial charge in [0.15, 0.2) is 0 Å². The fraction of sp³-hybridized carbons (Fsp3) is 0.250. The number of benzene rings is 1. The molecule has 3 nitrogen and oxygen atoms in total. The van der Waals surface area contributed by atoms with Gasteiger partial charge in [-0.25, -0.2) is 0 Å². The van der Waals surface area contributed by atoms with Crippen molar-refractivity contribution in [2.24, 2.45) is 5.92 Å². The fourth-order valence-corrected chi connectivity index (χ4v) is 2.81. The molecule has 0 amide bonds. The number of hydrogen-bond donors (Lipinski definition) is 0. The molecule has 23 heavy (non-hydrogen) atoms. The Morgan fingerprint density at radius 1 is 1.09 bits per heavy atom. The van der Waals surface area contributed by atoms with E-state index >= 15 is 0 Å². The summed E-state index contributed by atoms with van der Waals surface area (Å²) in [5, 5.41) is 10.7. The van der Waals surface area contributed by atoms with Crippen LogP contribution >= 0.6 is 0 Å². The van der Waals surface area contributed by atoms with Crippen molar-refractivity contribution in [3.05, 3.63) is 60.0 Å². The topological polar surface area (TPSA) is 49.6 Å². The van der Waals surface area contributed by atoms with Gasteiger partial charge in [-0.05, 0) is 42.5 Å². The van der Waals surface area contributed by atoms with Crippen molar-refractivity contribution in [2.75, 3.05) is 0 Å². The van der Waals surface area contributed by atoms with Gasteiger partial charge in [-0.2, -0.15) is 5.26 Å². The number of aromatic nitrogens is 2. The predicted molar refractivity (Wildman–Crippen MR) is 92.8 cm³/mol. The molecule has 0 saturated carbocycles. The van der Waals surface area contributed by atoms with Crippen molar-refractivity contribution in [1.82, 2.24) is 9.97 Å². The molecular formula is C20H19N3. The number of rotatable bonds is 4. The highest BCUT2D eigenvalue weighted by Crippen LogP contribution is 2.32. The molecule has 0 spiro atoms. The standard InChI is InChI=1S/C20H19N3/c1-14(2)7-8-19-20(15-9-11-22-12-10-15)17(13-21)16-5-3-4-6-18(16)23-19/h3-6,9-12,14H,7-8H2,1-2H3. The van der Waals surface area contributed by atoms with Crippen LogP contribution in [0.4, 0.5) is 0 Å². The first kappa shape index (κ1) is 15.2. The zero-order valence-electron chi connectivity index (χ0n) is 13.5. The molecule has 0 unspecified atom stereocenters. The molecule has 0 aliphatic rings. The lowest BCUT2D eigenvalue weighted by molar-refractivity contribution is 0.582. The molecule has 0 atom stereocenters. The normalized spacial score (nSPS) is 10.9. The number of nitrogens with zero attached hydrogens (tertiary/aromatic N) is 3. The second-order valence-electron chi connectivity index (χ2n) is 6.11. The van der Waals surface area contributed by atoms with Gasteiger partial charge in [0, 0.05) is 23.3 Å². The van der Waals surface area contributed by atoms with Gasteiger partial charge in [-0.3, -0.25) is 9.97 Å². The van der Waals surface area contributed by atoms with Crippen LogP contribution in [0.15, 0.2) is 48.8 Å². The Morgan fingerprint density at radius 3 is 2.52 bits per heavy atom. The summed E-state index contributed by atoms with van der Waals surface area (Å²) in [6, 6.07) is 14.2. The van der Waals surface area contributed by atoms with E-state index in [1.54, 1.807) is 12.4 Å². The summed E-state index contributed by atoms with van der Waals surface area (Å²) in [6.45, 7) is 4.41. The number of fused-ring (bicyclic) bond motifs is 1. The fourth-order valence-electron chi connectivity index (χ4n) is 2.81. The molecule has 3 heteroatoms. The smallest absolute Gasteiger partial charge is 0.101 e. The highest BCUT2D eigenvalue weighted by molar-refractivity contribution is 5.92. The molecule has 0 fully saturated rings. The van der Waals surface area contributed by atoms with Crippen molar-refractivity contribution < 1.29 is 0 Å². The summed E-state index contributed by atoms with van der Waals surface area (Å²) < 4.78 is 0. The number of nitriles is 1. The molecule has 0 bridgehead atoms. The first-order valence-corrected chi connectivity index (χ1v) is 7.93. The van der Waals surface area contributed by atoms with Gasteiger partial charge in [-0.15, -0.1) is 0 Å². The van der Waals surface area contributed by atoms with Crippen molar-refractivity contribution in [3.63, 3.8) is 0 Å². The van der Waals surface area contributed by atoms with Crippen LogP contribution in [0.3, 0.4) is 0 Å². The number of hydrogen-bond acceptors (Lipinski definition) is 3. The van der Waals surface area contributed by atoms with Crippen LogP contribution in [0.1, 0.15) is 31.5 Å². The number of pyridine rings is 2. The third kappa shape index (κ3) is 3.07. The predicted octanol–water partition coefficient (Wildman–Crippen LogP) is 4.76. The van der Waals surface area contributed by atoms with E-state index in [0.29, 0.717) is 11.5 Å². The van der Waals surface area contributed by atoms with E-state index in [0.717, 1.165) is 40.6 Å².